The number of hydrogen-bond donors (Lipinski definition) is 2. The molecular formula is C24H22N6O2S. The Kier molecular flexibility index (Phi) is 6.47. The molecule has 4 rings (SSSR count). The number of ether oxygens (including phenoxy) is 1. The Morgan fingerprint density at radius 3 is 2.70 bits per heavy atom. The second-order valence-corrected chi connectivity index (χ2v) is 8.48. The summed E-state index contributed by atoms with van der Waals surface area (Å²) in [6.07, 6.45) is 1.76. The number of hydrogen-bond acceptors (Lipinski definition) is 7. The van der Waals surface area contributed by atoms with Crippen molar-refractivity contribution in [2.75, 3.05) is 7.11 Å². The molecule has 33 heavy (non-hydrogen) atoms. The molecule has 2 heterocycles. The Hall–Kier alpha value is -4.03. The minimum Gasteiger partial charge on any atom is -0.510 e. The average Bonchev–Trinajstić information content (AvgIpc) is 3.44. The molecular weight excluding hydrogens is 436 g/mol. The molecule has 0 aliphatic rings. The maximum atomic E-state index is 10.9. The van der Waals surface area contributed by atoms with E-state index in [1.807, 2.05) is 53.1 Å². The van der Waals surface area contributed by atoms with Crippen LogP contribution in [0.4, 0.5) is 0 Å². The number of benzene rings is 2. The number of para-hydroxylation sites is 2. The first kappa shape index (κ1) is 22.2. The Morgan fingerprint density at radius 2 is 2.03 bits per heavy atom. The minimum absolute atomic E-state index is 0.0827. The van der Waals surface area contributed by atoms with Crippen LogP contribution in [-0.4, -0.2) is 42.2 Å². The molecule has 0 radical (unpaired) electrons. The van der Waals surface area contributed by atoms with E-state index in [4.69, 9.17) is 4.74 Å². The molecule has 0 aliphatic carbocycles. The number of nitriles is 1. The number of nitrogens with one attached hydrogen (secondary N) is 1. The fourth-order valence-corrected chi connectivity index (χ4v) is 4.27. The van der Waals surface area contributed by atoms with E-state index in [-0.39, 0.29) is 11.3 Å². The average molecular weight is 459 g/mol. The van der Waals surface area contributed by atoms with Crippen molar-refractivity contribution in [3.63, 3.8) is 0 Å². The highest BCUT2D eigenvalue weighted by Gasteiger charge is 2.22. The molecule has 1 atom stereocenters. The number of aliphatic hydroxyl groups excluding tert-OH is 1. The largest absolute Gasteiger partial charge is 0.510 e. The molecule has 9 heteroatoms. The van der Waals surface area contributed by atoms with Crippen LogP contribution in [0.1, 0.15) is 12.7 Å². The van der Waals surface area contributed by atoms with Crippen molar-refractivity contribution in [1.82, 2.24) is 24.7 Å². The summed E-state index contributed by atoms with van der Waals surface area (Å²) in [7, 11) is 1.62. The van der Waals surface area contributed by atoms with Crippen LogP contribution in [-0.2, 0) is 6.54 Å². The molecule has 0 bridgehead atoms. The van der Waals surface area contributed by atoms with Crippen molar-refractivity contribution in [2.45, 2.75) is 23.9 Å². The van der Waals surface area contributed by atoms with Gasteiger partial charge in [-0.15, -0.1) is 16.8 Å². The van der Waals surface area contributed by atoms with Crippen LogP contribution in [0, 0.1) is 11.3 Å². The molecule has 0 aliphatic heterocycles. The van der Waals surface area contributed by atoms with Gasteiger partial charge in [-0.25, -0.2) is 4.98 Å². The van der Waals surface area contributed by atoms with Crippen molar-refractivity contribution in [2.24, 2.45) is 0 Å². The number of fused-ring (bicyclic) bond motifs is 1. The predicted molar refractivity (Wildman–Crippen MR) is 129 cm³/mol. The van der Waals surface area contributed by atoms with Gasteiger partial charge < -0.3 is 14.8 Å². The lowest BCUT2D eigenvalue weighted by Gasteiger charge is -2.13. The Labute approximate surface area is 195 Å². The van der Waals surface area contributed by atoms with E-state index in [1.54, 1.807) is 20.1 Å². The Bertz CT molecular complexity index is 1330. The zero-order valence-corrected chi connectivity index (χ0v) is 19.0. The maximum Gasteiger partial charge on any atom is 0.192 e. The lowest BCUT2D eigenvalue weighted by molar-refractivity contribution is 0.401. The number of rotatable bonds is 8. The van der Waals surface area contributed by atoms with Crippen LogP contribution < -0.4 is 4.74 Å². The van der Waals surface area contributed by atoms with Crippen molar-refractivity contribution < 1.29 is 9.84 Å². The summed E-state index contributed by atoms with van der Waals surface area (Å²) in [5, 5.41) is 29.4. The second kappa shape index (κ2) is 9.63. The molecule has 2 aromatic heterocycles. The highest BCUT2D eigenvalue weighted by molar-refractivity contribution is 7.99. The number of nitrogens with zero attached hydrogens (tertiary/aromatic N) is 5. The zero-order chi connectivity index (χ0) is 23.4. The first-order valence-electron chi connectivity index (χ1n) is 10.2. The summed E-state index contributed by atoms with van der Waals surface area (Å²) < 4.78 is 7.14. The third-order valence-corrected chi connectivity index (χ3v) is 6.13. The molecule has 1 unspecified atom stereocenters. The molecule has 0 saturated heterocycles. The number of methoxy groups -OCH3 is 1. The van der Waals surface area contributed by atoms with Gasteiger partial charge in [-0.1, -0.05) is 30.0 Å². The topological polar surface area (TPSA) is 113 Å². The number of thioether (sulfide) groups is 1. The van der Waals surface area contributed by atoms with E-state index in [2.05, 4.69) is 32.8 Å². The number of aliphatic hydroxyl groups is 1. The molecule has 0 saturated carbocycles. The minimum atomic E-state index is -0.468. The van der Waals surface area contributed by atoms with Crippen LogP contribution in [0.2, 0.25) is 0 Å². The highest BCUT2D eigenvalue weighted by Crippen LogP contribution is 2.32. The van der Waals surface area contributed by atoms with E-state index >= 15 is 0 Å². The molecule has 0 spiro atoms. The van der Waals surface area contributed by atoms with Gasteiger partial charge >= 0.3 is 0 Å². The molecule has 0 fully saturated rings. The summed E-state index contributed by atoms with van der Waals surface area (Å²) in [4.78, 5) is 7.53. The molecule has 8 nitrogen and oxygen atoms in total. The van der Waals surface area contributed by atoms with E-state index in [9.17, 15) is 10.4 Å². The van der Waals surface area contributed by atoms with Crippen molar-refractivity contribution >= 4 is 28.4 Å². The van der Waals surface area contributed by atoms with Gasteiger partial charge in [0.05, 0.1) is 23.4 Å². The van der Waals surface area contributed by atoms with Crippen LogP contribution >= 0.6 is 11.8 Å². The van der Waals surface area contributed by atoms with Gasteiger partial charge in [0.1, 0.15) is 23.2 Å². The number of aromatic amines is 1. The fourth-order valence-electron chi connectivity index (χ4n) is 3.34. The number of imidazole rings is 1. The Balaban J connectivity index is 1.65. The van der Waals surface area contributed by atoms with Crippen LogP contribution in [0.15, 0.2) is 72.1 Å². The van der Waals surface area contributed by atoms with Gasteiger partial charge in [-0.2, -0.15) is 5.26 Å². The Morgan fingerprint density at radius 1 is 1.27 bits per heavy atom. The number of H-pyrrole nitrogens is 1. The van der Waals surface area contributed by atoms with Crippen molar-refractivity contribution in [3.8, 4) is 23.2 Å². The summed E-state index contributed by atoms with van der Waals surface area (Å²) in [6, 6.07) is 17.1. The van der Waals surface area contributed by atoms with Gasteiger partial charge in [0, 0.05) is 12.1 Å². The molecule has 166 valence electrons. The third-order valence-electron chi connectivity index (χ3n) is 5.04. The van der Waals surface area contributed by atoms with Gasteiger partial charge in [0.25, 0.3) is 0 Å². The van der Waals surface area contributed by atoms with E-state index in [0.29, 0.717) is 23.4 Å². The number of allylic oxidation sites excluding steroid dienone is 2. The van der Waals surface area contributed by atoms with Gasteiger partial charge in [0.2, 0.25) is 0 Å². The van der Waals surface area contributed by atoms with Crippen LogP contribution in [0.3, 0.4) is 0 Å². The first-order chi connectivity index (χ1) is 16.0. The molecule has 2 N–H and O–H groups in total. The zero-order valence-electron chi connectivity index (χ0n) is 18.2. The summed E-state index contributed by atoms with van der Waals surface area (Å²) in [5.74, 6) is 1.67. The van der Waals surface area contributed by atoms with Gasteiger partial charge in [0.15, 0.2) is 16.8 Å². The molecule has 2 aromatic carbocycles. The summed E-state index contributed by atoms with van der Waals surface area (Å²) in [6.45, 7) is 6.13. The molecule has 0 amide bonds. The van der Waals surface area contributed by atoms with E-state index in [0.717, 1.165) is 22.3 Å². The quantitative estimate of drug-likeness (QED) is 0.165. The summed E-state index contributed by atoms with van der Waals surface area (Å²) in [5.41, 5.74) is 2.49. The maximum absolute atomic E-state index is 10.9. The standard InChI is InChI=1S/C24H22N6O2S/c1-4-13-30-23(16-9-11-17(32-3)12-10-16)28-29-24(30)33-15(2)21(31)18(14-25)22-26-19-7-5-6-8-20(19)27-22/h4-12,15,31H,1,13H2,2-3H3,(H,26,27)/b21-18-. The van der Waals surface area contributed by atoms with Gasteiger partial charge in [-0.3, -0.25) is 4.57 Å². The second-order valence-electron chi connectivity index (χ2n) is 7.17. The fraction of sp³-hybridized carbons (Fsp3) is 0.167. The van der Waals surface area contributed by atoms with Crippen molar-refractivity contribution in [3.05, 3.63) is 72.8 Å². The first-order valence-corrected chi connectivity index (χ1v) is 11.1. The third kappa shape index (κ3) is 4.47. The van der Waals surface area contributed by atoms with Crippen LogP contribution in [0.25, 0.3) is 28.0 Å². The lowest BCUT2D eigenvalue weighted by Crippen LogP contribution is -2.08. The summed E-state index contributed by atoms with van der Waals surface area (Å²) >= 11 is 1.30. The lowest BCUT2D eigenvalue weighted by atomic mass is 10.2. The van der Waals surface area contributed by atoms with Crippen molar-refractivity contribution in [1.29, 1.82) is 5.26 Å². The smallest absolute Gasteiger partial charge is 0.192 e. The normalized spacial score (nSPS) is 12.8. The van der Waals surface area contributed by atoms with Crippen LogP contribution in [0.5, 0.6) is 5.75 Å². The highest BCUT2D eigenvalue weighted by atomic mass is 32.2. The van der Waals surface area contributed by atoms with E-state index in [1.165, 1.54) is 11.8 Å². The predicted octanol–water partition coefficient (Wildman–Crippen LogP) is 4.99. The molecule has 4 aromatic rings. The SMILES string of the molecule is C=CCn1c(SC(C)/C(O)=C(\C#N)c2nc3ccccc3[nH]2)nnc1-c1ccc(OC)cc1. The number of aromatic nitrogens is 5. The van der Waals surface area contributed by atoms with E-state index < -0.39 is 5.25 Å². The van der Waals surface area contributed by atoms with Gasteiger partial charge in [-0.05, 0) is 43.3 Å². The monoisotopic (exact) mass is 458 g/mol.